The number of H-pyrrole nitrogens is 1. The predicted octanol–water partition coefficient (Wildman–Crippen LogP) is 0.0280. The zero-order valence-corrected chi connectivity index (χ0v) is 6.27. The monoisotopic (exact) mass is 164 g/mol. The molecule has 0 aliphatic heterocycles. The highest BCUT2D eigenvalue weighted by Gasteiger charge is 1.94. The maximum Gasteiger partial charge on any atom is 0.267 e. The van der Waals surface area contributed by atoms with Gasteiger partial charge in [-0.15, -0.1) is 0 Å². The van der Waals surface area contributed by atoms with E-state index in [0.29, 0.717) is 0 Å². The standard InChI is InChI=1S/C7H8N4O/c8-7(12)6-2-1-3-10-11-5-4-9-6/h1-5,11H,(H2,8,12). The summed E-state index contributed by atoms with van der Waals surface area (Å²) in [6, 6.07) is 3.06. The van der Waals surface area contributed by atoms with Crippen LogP contribution in [0, 0.1) is 0 Å². The van der Waals surface area contributed by atoms with E-state index in [1.165, 1.54) is 24.7 Å². The summed E-state index contributed by atoms with van der Waals surface area (Å²) in [6.07, 6.45) is 4.40. The van der Waals surface area contributed by atoms with Crippen molar-refractivity contribution in [2.45, 2.75) is 0 Å². The van der Waals surface area contributed by atoms with Crippen molar-refractivity contribution < 1.29 is 4.79 Å². The lowest BCUT2D eigenvalue weighted by molar-refractivity contribution is 0.0995. The molecule has 0 bridgehead atoms. The molecule has 1 amide bonds. The third-order valence-electron chi connectivity index (χ3n) is 1.10. The minimum atomic E-state index is -0.564. The summed E-state index contributed by atoms with van der Waals surface area (Å²) in [4.78, 5) is 14.4. The molecule has 1 heterocycles. The van der Waals surface area contributed by atoms with Crippen LogP contribution >= 0.6 is 0 Å². The molecule has 1 rings (SSSR count). The van der Waals surface area contributed by atoms with Gasteiger partial charge in [-0.3, -0.25) is 9.89 Å². The molecule has 0 aliphatic carbocycles. The van der Waals surface area contributed by atoms with E-state index in [2.05, 4.69) is 15.2 Å². The van der Waals surface area contributed by atoms with Gasteiger partial charge in [0.05, 0.1) is 0 Å². The molecule has 0 saturated heterocycles. The topological polar surface area (TPSA) is 84.7 Å². The second kappa shape index (κ2) is 4.07. The van der Waals surface area contributed by atoms with E-state index in [1.54, 1.807) is 6.07 Å². The minimum Gasteiger partial charge on any atom is -0.364 e. The largest absolute Gasteiger partial charge is 0.364 e. The van der Waals surface area contributed by atoms with Crippen LogP contribution in [0.3, 0.4) is 0 Å². The van der Waals surface area contributed by atoms with Crippen molar-refractivity contribution in [1.82, 2.24) is 15.2 Å². The van der Waals surface area contributed by atoms with Gasteiger partial charge < -0.3 is 5.73 Å². The molecule has 0 aliphatic rings. The number of hydrogen-bond donors (Lipinski definition) is 2. The van der Waals surface area contributed by atoms with E-state index < -0.39 is 5.91 Å². The SMILES string of the molecule is NC(=O)c1cccn[nH]ccn1. The normalized spacial score (nSPS) is 8.67. The second-order valence-corrected chi connectivity index (χ2v) is 1.96. The Hall–Kier alpha value is -1.91. The number of rotatable bonds is 1. The van der Waals surface area contributed by atoms with Crippen molar-refractivity contribution in [3.8, 4) is 0 Å². The fourth-order valence-electron chi connectivity index (χ4n) is 0.603. The molecule has 5 heteroatoms. The van der Waals surface area contributed by atoms with Gasteiger partial charge in [-0.25, -0.2) is 4.98 Å². The Bertz CT molecular complexity index is 295. The number of carbonyl (C=O) groups excluding carboxylic acids is 1. The Morgan fingerprint density at radius 1 is 1.50 bits per heavy atom. The van der Waals surface area contributed by atoms with Crippen LogP contribution in [0.25, 0.3) is 0 Å². The molecule has 1 aromatic rings. The van der Waals surface area contributed by atoms with Gasteiger partial charge in [0.25, 0.3) is 5.91 Å². The molecule has 12 heavy (non-hydrogen) atoms. The number of aromatic amines is 1. The number of amides is 1. The van der Waals surface area contributed by atoms with Crippen molar-refractivity contribution >= 4 is 5.91 Å². The summed E-state index contributed by atoms with van der Waals surface area (Å²) < 4.78 is 0. The van der Waals surface area contributed by atoms with Gasteiger partial charge in [0.15, 0.2) is 0 Å². The number of nitrogens with two attached hydrogens (primary N) is 1. The molecule has 3 N–H and O–H groups in total. The first-order valence-electron chi connectivity index (χ1n) is 3.28. The molecule has 5 nitrogen and oxygen atoms in total. The van der Waals surface area contributed by atoms with Crippen molar-refractivity contribution in [2.24, 2.45) is 5.73 Å². The van der Waals surface area contributed by atoms with Gasteiger partial charge in [0, 0.05) is 18.6 Å². The molecular formula is C7H8N4O. The summed E-state index contributed by atoms with van der Waals surface area (Å²) in [6.45, 7) is 0. The van der Waals surface area contributed by atoms with Crippen LogP contribution in [0.5, 0.6) is 0 Å². The Labute approximate surface area is 69.0 Å². The molecule has 0 unspecified atom stereocenters. The fourth-order valence-corrected chi connectivity index (χ4v) is 0.603. The summed E-state index contributed by atoms with van der Waals surface area (Å²) in [5.41, 5.74) is 5.21. The van der Waals surface area contributed by atoms with Crippen molar-refractivity contribution in [2.75, 3.05) is 0 Å². The Morgan fingerprint density at radius 3 is 3.08 bits per heavy atom. The third-order valence-corrected chi connectivity index (χ3v) is 1.10. The molecule has 0 radical (unpaired) electrons. The highest BCUT2D eigenvalue weighted by molar-refractivity contribution is 5.90. The lowest BCUT2D eigenvalue weighted by atomic mass is 10.4. The molecule has 0 aromatic carbocycles. The summed E-state index contributed by atoms with van der Waals surface area (Å²) >= 11 is 0. The summed E-state index contributed by atoms with van der Waals surface area (Å²) in [5.74, 6) is -0.564. The van der Waals surface area contributed by atoms with Crippen molar-refractivity contribution in [3.63, 3.8) is 0 Å². The van der Waals surface area contributed by atoms with E-state index >= 15 is 0 Å². The van der Waals surface area contributed by atoms with Gasteiger partial charge in [-0.1, -0.05) is 0 Å². The molecule has 62 valence electrons. The van der Waals surface area contributed by atoms with Gasteiger partial charge in [0.1, 0.15) is 5.69 Å². The van der Waals surface area contributed by atoms with E-state index in [0.717, 1.165) is 0 Å². The number of aromatic nitrogens is 3. The minimum absolute atomic E-state index is 0.196. The lowest BCUT2D eigenvalue weighted by Crippen LogP contribution is -2.11. The maximum atomic E-state index is 10.7. The quantitative estimate of drug-likeness (QED) is 0.614. The highest BCUT2D eigenvalue weighted by atomic mass is 16.1. The number of nitrogens with zero attached hydrogens (tertiary/aromatic N) is 2. The van der Waals surface area contributed by atoms with Crippen molar-refractivity contribution in [3.05, 3.63) is 36.4 Å². The summed E-state index contributed by atoms with van der Waals surface area (Å²) in [7, 11) is 0. The zero-order chi connectivity index (χ0) is 8.81. The van der Waals surface area contributed by atoms with Crippen LogP contribution in [0.2, 0.25) is 0 Å². The smallest absolute Gasteiger partial charge is 0.267 e. The molecule has 1 aromatic heterocycles. The second-order valence-electron chi connectivity index (χ2n) is 1.96. The van der Waals surface area contributed by atoms with Gasteiger partial charge in [-0.2, -0.15) is 5.10 Å². The average Bonchev–Trinajstić information content (AvgIpc) is 2.15. The lowest BCUT2D eigenvalue weighted by Gasteiger charge is -1.84. The highest BCUT2D eigenvalue weighted by Crippen LogP contribution is 1.85. The number of carbonyl (C=O) groups is 1. The van der Waals surface area contributed by atoms with Crippen LogP contribution in [0.1, 0.15) is 10.5 Å². The van der Waals surface area contributed by atoms with Crippen molar-refractivity contribution in [1.29, 1.82) is 0 Å². The van der Waals surface area contributed by atoms with E-state index in [9.17, 15) is 4.79 Å². The van der Waals surface area contributed by atoms with Gasteiger partial charge >= 0.3 is 0 Å². The Morgan fingerprint density at radius 2 is 2.33 bits per heavy atom. The van der Waals surface area contributed by atoms with Crippen LogP contribution < -0.4 is 5.73 Å². The predicted molar refractivity (Wildman–Crippen MR) is 42.5 cm³/mol. The molecule has 0 atom stereocenters. The third kappa shape index (κ3) is 2.37. The van der Waals surface area contributed by atoms with E-state index in [1.807, 2.05) is 0 Å². The van der Waals surface area contributed by atoms with Gasteiger partial charge in [0.2, 0.25) is 0 Å². The first kappa shape index (κ1) is 8.19. The number of hydrogen-bond acceptors (Lipinski definition) is 3. The van der Waals surface area contributed by atoms with Gasteiger partial charge in [-0.05, 0) is 12.1 Å². The molecule has 0 fully saturated rings. The fraction of sp³-hybridized carbons (Fsp3) is 0. The Balaban J connectivity index is 3.19. The van der Waals surface area contributed by atoms with E-state index in [4.69, 9.17) is 5.73 Å². The maximum absolute atomic E-state index is 10.7. The first-order chi connectivity index (χ1) is 5.80. The zero-order valence-electron chi connectivity index (χ0n) is 6.27. The molecule has 0 spiro atoms. The Kier molecular flexibility index (Phi) is 2.78. The molecular weight excluding hydrogens is 156 g/mol. The van der Waals surface area contributed by atoms with Crippen LogP contribution in [-0.2, 0) is 0 Å². The van der Waals surface area contributed by atoms with Crippen LogP contribution in [0.4, 0.5) is 0 Å². The number of nitrogens with one attached hydrogen (secondary N) is 1. The molecule has 0 saturated carbocycles. The summed E-state index contributed by atoms with van der Waals surface area (Å²) in [5, 5.41) is 6.28. The first-order valence-corrected chi connectivity index (χ1v) is 3.28. The number of primary amides is 1. The van der Waals surface area contributed by atoms with E-state index in [-0.39, 0.29) is 5.69 Å². The van der Waals surface area contributed by atoms with Crippen LogP contribution in [-0.4, -0.2) is 21.1 Å². The van der Waals surface area contributed by atoms with Crippen LogP contribution in [0.15, 0.2) is 30.7 Å². The average molecular weight is 164 g/mol.